The maximum Gasteiger partial charge on any atom is 0.229 e. The molecule has 0 fully saturated rings. The van der Waals surface area contributed by atoms with Crippen LogP contribution in [0.1, 0.15) is 31.4 Å². The molecule has 0 aromatic heterocycles. The third kappa shape index (κ3) is 4.53. The smallest absolute Gasteiger partial charge is 0.229 e. The summed E-state index contributed by atoms with van der Waals surface area (Å²) in [6.07, 6.45) is 1.94. The minimum atomic E-state index is -0.00873. The van der Waals surface area contributed by atoms with Gasteiger partial charge in [-0.25, -0.2) is 0 Å². The Kier molecular flexibility index (Phi) is 6.34. The number of ether oxygens (including phenoxy) is 1. The van der Waals surface area contributed by atoms with E-state index in [0.717, 1.165) is 29.8 Å². The van der Waals surface area contributed by atoms with Gasteiger partial charge >= 0.3 is 0 Å². The van der Waals surface area contributed by atoms with Crippen molar-refractivity contribution in [3.05, 3.63) is 59.7 Å². The molecule has 2 aromatic rings. The van der Waals surface area contributed by atoms with Crippen LogP contribution in [0.4, 0.5) is 5.69 Å². The van der Waals surface area contributed by atoms with Crippen molar-refractivity contribution in [1.82, 2.24) is 4.90 Å². The SMILES string of the molecule is COc1cccc(CCN(CCC(=O)N2c3ccccc3CC2C)C(C)=O)c1. The molecule has 1 unspecified atom stereocenters. The van der Waals surface area contributed by atoms with Crippen LogP contribution < -0.4 is 9.64 Å². The third-order valence-corrected chi connectivity index (χ3v) is 5.32. The molecule has 0 aliphatic carbocycles. The Bertz CT molecular complexity index is 849. The molecule has 5 heteroatoms. The molecular weight excluding hydrogens is 352 g/mol. The molecule has 1 atom stereocenters. The zero-order valence-corrected chi connectivity index (χ0v) is 16.9. The highest BCUT2D eigenvalue weighted by Crippen LogP contribution is 2.32. The summed E-state index contributed by atoms with van der Waals surface area (Å²) in [4.78, 5) is 28.6. The van der Waals surface area contributed by atoms with Crippen molar-refractivity contribution in [2.24, 2.45) is 0 Å². The standard InChI is InChI=1S/C23H28N2O3/c1-17-15-20-8-4-5-10-22(20)25(17)23(27)12-14-24(18(2)26)13-11-19-7-6-9-21(16-19)28-3/h4-10,16-17H,11-15H2,1-3H3. The van der Waals surface area contributed by atoms with Gasteiger partial charge in [0.2, 0.25) is 11.8 Å². The van der Waals surface area contributed by atoms with Crippen LogP contribution in [0.15, 0.2) is 48.5 Å². The predicted molar refractivity (Wildman–Crippen MR) is 111 cm³/mol. The zero-order valence-electron chi connectivity index (χ0n) is 16.9. The number of nitrogens with zero attached hydrogens (tertiary/aromatic N) is 2. The molecule has 0 N–H and O–H groups in total. The average Bonchev–Trinajstić information content (AvgIpc) is 3.03. The maximum atomic E-state index is 12.9. The Morgan fingerprint density at radius 1 is 1.14 bits per heavy atom. The van der Waals surface area contributed by atoms with E-state index in [-0.39, 0.29) is 17.9 Å². The van der Waals surface area contributed by atoms with E-state index >= 15 is 0 Å². The van der Waals surface area contributed by atoms with Crippen molar-refractivity contribution < 1.29 is 14.3 Å². The second-order valence-corrected chi connectivity index (χ2v) is 7.30. The van der Waals surface area contributed by atoms with Gasteiger partial charge < -0.3 is 14.5 Å². The van der Waals surface area contributed by atoms with Gasteiger partial charge in [-0.3, -0.25) is 9.59 Å². The largest absolute Gasteiger partial charge is 0.497 e. The number of hydrogen-bond acceptors (Lipinski definition) is 3. The monoisotopic (exact) mass is 380 g/mol. The molecule has 2 amide bonds. The number of benzene rings is 2. The summed E-state index contributed by atoms with van der Waals surface area (Å²) in [6, 6.07) is 16.1. The highest BCUT2D eigenvalue weighted by atomic mass is 16.5. The Morgan fingerprint density at radius 3 is 2.68 bits per heavy atom. The average molecular weight is 380 g/mol. The molecule has 0 radical (unpaired) electrons. The molecule has 5 nitrogen and oxygen atoms in total. The summed E-state index contributed by atoms with van der Waals surface area (Å²) in [5.41, 5.74) is 3.33. The second-order valence-electron chi connectivity index (χ2n) is 7.30. The molecule has 0 bridgehead atoms. The van der Waals surface area contributed by atoms with E-state index < -0.39 is 0 Å². The van der Waals surface area contributed by atoms with Gasteiger partial charge in [-0.2, -0.15) is 0 Å². The number of hydrogen-bond donors (Lipinski definition) is 0. The highest BCUT2D eigenvalue weighted by Gasteiger charge is 2.30. The van der Waals surface area contributed by atoms with Crippen LogP contribution in [0, 0.1) is 0 Å². The van der Waals surface area contributed by atoms with Crippen LogP contribution in [0.3, 0.4) is 0 Å². The molecule has 1 heterocycles. The Morgan fingerprint density at radius 2 is 1.93 bits per heavy atom. The number of methoxy groups -OCH3 is 1. The van der Waals surface area contributed by atoms with Gasteiger partial charge in [0, 0.05) is 38.2 Å². The second kappa shape index (κ2) is 8.91. The highest BCUT2D eigenvalue weighted by molar-refractivity contribution is 5.96. The Hall–Kier alpha value is -2.82. The molecule has 28 heavy (non-hydrogen) atoms. The van der Waals surface area contributed by atoms with Crippen molar-refractivity contribution in [3.8, 4) is 5.75 Å². The van der Waals surface area contributed by atoms with E-state index in [1.165, 1.54) is 5.56 Å². The van der Waals surface area contributed by atoms with Gasteiger partial charge in [-0.05, 0) is 49.1 Å². The lowest BCUT2D eigenvalue weighted by Gasteiger charge is -2.26. The number of para-hydroxylation sites is 1. The molecule has 2 aromatic carbocycles. The first-order valence-corrected chi connectivity index (χ1v) is 9.78. The molecule has 0 spiro atoms. The molecule has 3 rings (SSSR count). The summed E-state index contributed by atoms with van der Waals surface area (Å²) >= 11 is 0. The zero-order chi connectivity index (χ0) is 20.1. The summed E-state index contributed by atoms with van der Waals surface area (Å²) in [7, 11) is 1.64. The summed E-state index contributed by atoms with van der Waals surface area (Å²) in [5, 5.41) is 0. The quantitative estimate of drug-likeness (QED) is 0.739. The van der Waals surface area contributed by atoms with Crippen LogP contribution >= 0.6 is 0 Å². The van der Waals surface area contributed by atoms with Crippen molar-refractivity contribution in [3.63, 3.8) is 0 Å². The van der Waals surface area contributed by atoms with Crippen molar-refractivity contribution in [1.29, 1.82) is 0 Å². The van der Waals surface area contributed by atoms with E-state index in [0.29, 0.717) is 19.5 Å². The van der Waals surface area contributed by atoms with E-state index in [1.54, 1.807) is 18.9 Å². The molecule has 148 valence electrons. The normalized spacial score (nSPS) is 15.2. The van der Waals surface area contributed by atoms with Crippen LogP contribution in [0.5, 0.6) is 5.75 Å². The fourth-order valence-corrected chi connectivity index (χ4v) is 3.82. The number of fused-ring (bicyclic) bond motifs is 1. The van der Waals surface area contributed by atoms with Gasteiger partial charge in [0.25, 0.3) is 0 Å². The molecule has 0 saturated heterocycles. The van der Waals surface area contributed by atoms with Gasteiger partial charge in [-0.1, -0.05) is 30.3 Å². The maximum absolute atomic E-state index is 12.9. The summed E-state index contributed by atoms with van der Waals surface area (Å²) < 4.78 is 5.25. The third-order valence-electron chi connectivity index (χ3n) is 5.32. The minimum absolute atomic E-state index is 0.00873. The number of carbonyl (C=O) groups excluding carboxylic acids is 2. The first kappa shape index (κ1) is 19.9. The van der Waals surface area contributed by atoms with Crippen LogP contribution in [-0.4, -0.2) is 43.0 Å². The number of amides is 2. The number of anilines is 1. The predicted octanol–water partition coefficient (Wildman–Crippen LogP) is 3.45. The van der Waals surface area contributed by atoms with Crippen LogP contribution in [0.2, 0.25) is 0 Å². The first-order valence-electron chi connectivity index (χ1n) is 9.78. The van der Waals surface area contributed by atoms with Crippen LogP contribution in [-0.2, 0) is 22.4 Å². The van der Waals surface area contributed by atoms with E-state index in [1.807, 2.05) is 47.4 Å². The van der Waals surface area contributed by atoms with Gasteiger partial charge in [0.1, 0.15) is 5.75 Å². The fraction of sp³-hybridized carbons (Fsp3) is 0.391. The molecular formula is C23H28N2O3. The summed E-state index contributed by atoms with van der Waals surface area (Å²) in [5.74, 6) is 0.874. The Balaban J connectivity index is 1.59. The molecule has 1 aliphatic heterocycles. The minimum Gasteiger partial charge on any atom is -0.497 e. The number of rotatable bonds is 7. The van der Waals surface area contributed by atoms with Gasteiger partial charge in [0.15, 0.2) is 0 Å². The van der Waals surface area contributed by atoms with Gasteiger partial charge in [-0.15, -0.1) is 0 Å². The Labute approximate surface area is 166 Å². The fourth-order valence-electron chi connectivity index (χ4n) is 3.82. The van der Waals surface area contributed by atoms with Crippen molar-refractivity contribution in [2.45, 2.75) is 39.2 Å². The van der Waals surface area contributed by atoms with Crippen molar-refractivity contribution in [2.75, 3.05) is 25.1 Å². The van der Waals surface area contributed by atoms with Crippen molar-refractivity contribution >= 4 is 17.5 Å². The lowest BCUT2D eigenvalue weighted by molar-refractivity contribution is -0.129. The van der Waals surface area contributed by atoms with Crippen LogP contribution in [0.25, 0.3) is 0 Å². The topological polar surface area (TPSA) is 49.9 Å². The van der Waals surface area contributed by atoms with E-state index in [4.69, 9.17) is 4.74 Å². The lowest BCUT2D eigenvalue weighted by atomic mass is 10.1. The number of carbonyl (C=O) groups is 2. The first-order chi connectivity index (χ1) is 13.5. The van der Waals surface area contributed by atoms with E-state index in [2.05, 4.69) is 13.0 Å². The van der Waals surface area contributed by atoms with E-state index in [9.17, 15) is 9.59 Å². The lowest BCUT2D eigenvalue weighted by Crippen LogP contribution is -2.39. The molecule has 1 aliphatic rings. The van der Waals surface area contributed by atoms with Gasteiger partial charge in [0.05, 0.1) is 7.11 Å². The molecule has 0 saturated carbocycles. The summed E-state index contributed by atoms with van der Waals surface area (Å²) in [6.45, 7) is 4.65.